The van der Waals surface area contributed by atoms with Gasteiger partial charge in [0.05, 0.1) is 23.5 Å². The molecule has 3 N–H and O–H groups in total. The average molecular weight is 434 g/mol. The lowest BCUT2D eigenvalue weighted by Crippen LogP contribution is -2.63. The number of carbonyl (C=O) groups excluding carboxylic acids is 2. The molecule has 0 aromatic rings. The predicted octanol–water partition coefficient (Wildman–Crippen LogP) is 3.67. The van der Waals surface area contributed by atoms with Gasteiger partial charge in [-0.25, -0.2) is 0 Å². The third-order valence-electron chi connectivity index (χ3n) is 7.63. The molecular formula is C25H39NO5. The molecular weight excluding hydrogens is 394 g/mol. The number of ether oxygens (including phenoxy) is 2. The molecule has 0 aromatic carbocycles. The smallest absolute Gasteiger partial charge is 0.311 e. The maximum atomic E-state index is 13.0. The van der Waals surface area contributed by atoms with Crippen molar-refractivity contribution in [1.82, 2.24) is 0 Å². The summed E-state index contributed by atoms with van der Waals surface area (Å²) in [5.74, 6) is -0.0499. The van der Waals surface area contributed by atoms with Crippen LogP contribution in [0.5, 0.6) is 0 Å². The number of esters is 2. The number of nitrogens with two attached hydrogens (primary N) is 1. The van der Waals surface area contributed by atoms with E-state index in [9.17, 15) is 14.7 Å². The van der Waals surface area contributed by atoms with Gasteiger partial charge in [-0.15, -0.1) is 0 Å². The van der Waals surface area contributed by atoms with Gasteiger partial charge in [-0.05, 0) is 62.9 Å². The molecule has 1 aliphatic heterocycles. The molecule has 2 aliphatic carbocycles. The van der Waals surface area contributed by atoms with Crippen LogP contribution in [0.4, 0.5) is 0 Å². The van der Waals surface area contributed by atoms with Crippen LogP contribution >= 0.6 is 0 Å². The van der Waals surface area contributed by atoms with Crippen molar-refractivity contribution in [3.05, 3.63) is 23.8 Å². The van der Waals surface area contributed by atoms with E-state index in [1.807, 2.05) is 20.8 Å². The number of hydrogen-bond donors (Lipinski definition) is 2. The van der Waals surface area contributed by atoms with Crippen LogP contribution in [0.3, 0.4) is 0 Å². The number of allylic oxidation sites excluding steroid dienone is 2. The largest absolute Gasteiger partial charge is 0.462 e. The molecule has 0 spiro atoms. The Hall–Kier alpha value is -1.66. The van der Waals surface area contributed by atoms with Crippen LogP contribution in [0.25, 0.3) is 0 Å². The highest BCUT2D eigenvalue weighted by Gasteiger charge is 2.52. The average Bonchev–Trinajstić information content (AvgIpc) is 2.68. The molecule has 0 radical (unpaired) electrons. The van der Waals surface area contributed by atoms with E-state index in [2.05, 4.69) is 32.1 Å². The van der Waals surface area contributed by atoms with E-state index in [4.69, 9.17) is 15.2 Å². The molecule has 0 amide bonds. The van der Waals surface area contributed by atoms with Crippen molar-refractivity contribution in [3.8, 4) is 0 Å². The summed E-state index contributed by atoms with van der Waals surface area (Å²) in [6.45, 7) is 10.1. The molecule has 0 bridgehead atoms. The van der Waals surface area contributed by atoms with Gasteiger partial charge in [0.2, 0.25) is 0 Å². The second-order valence-corrected chi connectivity index (χ2v) is 10.5. The normalized spacial score (nSPS) is 38.2. The summed E-state index contributed by atoms with van der Waals surface area (Å²) in [5.41, 5.74) is 6.85. The second-order valence-electron chi connectivity index (χ2n) is 10.5. The molecule has 174 valence electrons. The zero-order chi connectivity index (χ0) is 23.0. The number of carbonyl (C=O) groups is 2. The molecule has 0 saturated carbocycles. The van der Waals surface area contributed by atoms with Crippen molar-refractivity contribution in [3.63, 3.8) is 0 Å². The molecule has 3 rings (SSSR count). The fourth-order valence-electron chi connectivity index (χ4n) is 5.20. The molecule has 0 aromatic heterocycles. The summed E-state index contributed by atoms with van der Waals surface area (Å²) in [7, 11) is 0. The summed E-state index contributed by atoms with van der Waals surface area (Å²) in [6, 6.07) is 0. The van der Waals surface area contributed by atoms with Gasteiger partial charge < -0.3 is 20.3 Å². The topological polar surface area (TPSA) is 98.8 Å². The second kappa shape index (κ2) is 9.07. The summed E-state index contributed by atoms with van der Waals surface area (Å²) in [4.78, 5) is 24.7. The molecule has 6 nitrogen and oxygen atoms in total. The van der Waals surface area contributed by atoms with Gasteiger partial charge in [0.15, 0.2) is 0 Å². The number of cyclic esters (lactones) is 1. The third-order valence-corrected chi connectivity index (χ3v) is 7.63. The van der Waals surface area contributed by atoms with E-state index in [0.717, 1.165) is 12.0 Å². The Morgan fingerprint density at radius 1 is 1.32 bits per heavy atom. The van der Waals surface area contributed by atoms with E-state index >= 15 is 0 Å². The maximum Gasteiger partial charge on any atom is 0.311 e. The van der Waals surface area contributed by atoms with Crippen molar-refractivity contribution in [2.45, 2.75) is 97.0 Å². The van der Waals surface area contributed by atoms with Crippen molar-refractivity contribution < 1.29 is 24.2 Å². The van der Waals surface area contributed by atoms with Crippen LogP contribution in [0.15, 0.2) is 23.8 Å². The molecule has 1 saturated heterocycles. The van der Waals surface area contributed by atoms with Crippen LogP contribution in [0.2, 0.25) is 0 Å². The van der Waals surface area contributed by atoms with Gasteiger partial charge in [-0.3, -0.25) is 9.59 Å². The number of fused-ring (bicyclic) bond motifs is 1. The minimum absolute atomic E-state index is 0.0385. The summed E-state index contributed by atoms with van der Waals surface area (Å²) < 4.78 is 11.6. The van der Waals surface area contributed by atoms with E-state index in [0.29, 0.717) is 25.7 Å². The summed E-state index contributed by atoms with van der Waals surface area (Å²) >= 11 is 0. The third kappa shape index (κ3) is 4.90. The Balaban J connectivity index is 1.84. The fraction of sp³-hybridized carbons (Fsp3) is 0.760. The number of rotatable bonds is 6. The van der Waals surface area contributed by atoms with Crippen molar-refractivity contribution in [2.24, 2.45) is 28.9 Å². The minimum atomic E-state index is -0.780. The zero-order valence-electron chi connectivity index (χ0n) is 19.6. The monoisotopic (exact) mass is 433 g/mol. The van der Waals surface area contributed by atoms with E-state index in [1.165, 1.54) is 0 Å². The van der Waals surface area contributed by atoms with Gasteiger partial charge >= 0.3 is 11.9 Å². The molecule has 7 atom stereocenters. The Morgan fingerprint density at radius 3 is 2.68 bits per heavy atom. The molecule has 1 fully saturated rings. The molecule has 6 heteroatoms. The lowest BCUT2D eigenvalue weighted by Gasteiger charge is -2.51. The Kier molecular flexibility index (Phi) is 7.02. The van der Waals surface area contributed by atoms with E-state index in [-0.39, 0.29) is 42.2 Å². The Labute approximate surface area is 186 Å². The van der Waals surface area contributed by atoms with E-state index < -0.39 is 23.2 Å². The van der Waals surface area contributed by atoms with Gasteiger partial charge in [0, 0.05) is 6.42 Å². The first-order valence-electron chi connectivity index (χ1n) is 11.7. The van der Waals surface area contributed by atoms with E-state index in [1.54, 1.807) is 0 Å². The van der Waals surface area contributed by atoms with Crippen LogP contribution in [-0.4, -0.2) is 40.9 Å². The highest BCUT2D eigenvalue weighted by Crippen LogP contribution is 2.47. The van der Waals surface area contributed by atoms with Crippen molar-refractivity contribution in [2.75, 3.05) is 0 Å². The minimum Gasteiger partial charge on any atom is -0.462 e. The molecule has 31 heavy (non-hydrogen) atoms. The van der Waals surface area contributed by atoms with Crippen LogP contribution in [0, 0.1) is 23.2 Å². The maximum absolute atomic E-state index is 13.0. The molecule has 0 unspecified atom stereocenters. The quantitative estimate of drug-likeness (QED) is 0.620. The first-order valence-corrected chi connectivity index (χ1v) is 11.7. The zero-order valence-corrected chi connectivity index (χ0v) is 19.6. The number of aliphatic hydroxyl groups is 1. The van der Waals surface area contributed by atoms with Crippen molar-refractivity contribution >= 4 is 11.9 Å². The van der Waals surface area contributed by atoms with Crippen LogP contribution < -0.4 is 5.73 Å². The predicted molar refractivity (Wildman–Crippen MR) is 119 cm³/mol. The molecule has 1 heterocycles. The van der Waals surface area contributed by atoms with Gasteiger partial charge in [0.25, 0.3) is 0 Å². The number of hydrogen-bond acceptors (Lipinski definition) is 6. The number of aliphatic hydroxyl groups excluding tert-OH is 1. The summed E-state index contributed by atoms with van der Waals surface area (Å²) in [5, 5.41) is 9.94. The summed E-state index contributed by atoms with van der Waals surface area (Å²) in [6.07, 6.45) is 8.40. The lowest BCUT2D eigenvalue weighted by atomic mass is 9.60. The Morgan fingerprint density at radius 2 is 2.03 bits per heavy atom. The Bertz CT molecular complexity index is 757. The van der Waals surface area contributed by atoms with Crippen LogP contribution in [-0.2, 0) is 19.1 Å². The SMILES string of the molecule is CCC(C)(C)C(=O)O[C@H]1C[C@@H](C)C=C2C=C[C@H](C)[C@H](CC[C@H]3C[C@H](O)CC(=O)O3)[C@]21N. The first kappa shape index (κ1) is 24.0. The first-order chi connectivity index (χ1) is 14.5. The van der Waals surface area contributed by atoms with Gasteiger partial charge in [0.1, 0.15) is 12.2 Å². The lowest BCUT2D eigenvalue weighted by molar-refractivity contribution is -0.167. The standard InChI is InChI=1S/C25H39NO5/c1-6-24(4,5)23(29)31-21-12-15(2)11-17-8-7-16(3)20(25(17,21)26)10-9-19-13-18(27)14-22(28)30-19/h7-8,11,15-16,18-21,27H,6,9-10,12-14,26H2,1-5H3/t15-,16-,18-,19-,20-,21-,25+/m0/s1. The van der Waals surface area contributed by atoms with Crippen LogP contribution in [0.1, 0.15) is 73.1 Å². The fourth-order valence-corrected chi connectivity index (χ4v) is 5.20. The molecule has 3 aliphatic rings. The van der Waals surface area contributed by atoms with Crippen molar-refractivity contribution in [1.29, 1.82) is 0 Å². The highest BCUT2D eigenvalue weighted by molar-refractivity contribution is 5.76. The van der Waals surface area contributed by atoms with Gasteiger partial charge in [-0.2, -0.15) is 0 Å². The highest BCUT2D eigenvalue weighted by atomic mass is 16.6. The van der Waals surface area contributed by atoms with Gasteiger partial charge in [-0.1, -0.05) is 39.0 Å².